The molecule has 1 aliphatic heterocycles. The number of aryl methyl sites for hydroxylation is 1. The van der Waals surface area contributed by atoms with Crippen LogP contribution in [-0.4, -0.2) is 65.9 Å². The Balaban J connectivity index is 1.56. The van der Waals surface area contributed by atoms with Gasteiger partial charge in [0, 0.05) is 31.1 Å². The number of piperidine rings is 1. The molecule has 1 saturated heterocycles. The van der Waals surface area contributed by atoms with Crippen molar-refractivity contribution in [1.29, 1.82) is 0 Å². The highest BCUT2D eigenvalue weighted by atomic mass is 32.1. The smallest absolute Gasteiger partial charge is 0.309 e. The predicted octanol–water partition coefficient (Wildman–Crippen LogP) is 3.05. The molecule has 1 aliphatic rings. The van der Waals surface area contributed by atoms with E-state index in [4.69, 9.17) is 4.74 Å². The third kappa shape index (κ3) is 5.02. The predicted molar refractivity (Wildman–Crippen MR) is 113 cm³/mol. The number of likely N-dealkylation sites (tertiary alicyclic amines) is 1. The molecule has 0 aromatic carbocycles. The first-order valence-corrected chi connectivity index (χ1v) is 11.4. The van der Waals surface area contributed by atoms with Crippen molar-refractivity contribution in [3.8, 4) is 10.6 Å². The maximum absolute atomic E-state index is 12.8. The van der Waals surface area contributed by atoms with Crippen LogP contribution in [0.2, 0.25) is 0 Å². The third-order valence-corrected chi connectivity index (χ3v) is 6.82. The summed E-state index contributed by atoms with van der Waals surface area (Å²) in [5, 5.41) is 4.79. The summed E-state index contributed by atoms with van der Waals surface area (Å²) >= 11 is 2.94. The number of hydrogen-bond donors (Lipinski definition) is 0. The van der Waals surface area contributed by atoms with Gasteiger partial charge in [-0.2, -0.15) is 11.3 Å². The van der Waals surface area contributed by atoms with Crippen molar-refractivity contribution in [1.82, 2.24) is 14.8 Å². The summed E-state index contributed by atoms with van der Waals surface area (Å²) in [6, 6.07) is 1.98. The van der Waals surface area contributed by atoms with E-state index in [1.807, 2.05) is 23.8 Å². The number of aromatic nitrogens is 1. The molecule has 0 aliphatic carbocycles. The molecular weight excluding hydrogens is 410 g/mol. The average molecular weight is 436 g/mol. The van der Waals surface area contributed by atoms with Crippen LogP contribution in [0.3, 0.4) is 0 Å². The van der Waals surface area contributed by atoms with Gasteiger partial charge in [-0.3, -0.25) is 14.4 Å². The normalized spacial score (nSPS) is 14.7. The van der Waals surface area contributed by atoms with Gasteiger partial charge in [0.2, 0.25) is 5.91 Å². The lowest BCUT2D eigenvalue weighted by Crippen LogP contribution is -2.45. The van der Waals surface area contributed by atoms with Crippen molar-refractivity contribution in [3.63, 3.8) is 0 Å². The second kappa shape index (κ2) is 9.49. The zero-order chi connectivity index (χ0) is 21.0. The number of carbonyl (C=O) groups is 3. The molecule has 29 heavy (non-hydrogen) atoms. The third-order valence-electron chi connectivity index (χ3n) is 4.95. The van der Waals surface area contributed by atoms with Crippen molar-refractivity contribution >= 4 is 40.5 Å². The van der Waals surface area contributed by atoms with Crippen molar-refractivity contribution in [2.45, 2.75) is 26.7 Å². The molecule has 0 unspecified atom stereocenters. The lowest BCUT2D eigenvalue weighted by molar-refractivity contribution is -0.151. The lowest BCUT2D eigenvalue weighted by Gasteiger charge is -2.32. The van der Waals surface area contributed by atoms with Gasteiger partial charge < -0.3 is 14.5 Å². The molecule has 0 bridgehead atoms. The number of amides is 2. The Morgan fingerprint density at radius 1 is 1.31 bits per heavy atom. The Bertz CT molecular complexity index is 870. The standard InChI is InChI=1S/C20H25N3O4S2/c1-4-27-20(26)14-5-8-23(9-6-14)16(24)11-22(3)19(25)17-13(2)21-18(29-17)15-7-10-28-12-15/h7,10,12,14H,4-6,8-9,11H2,1-3H3. The first-order chi connectivity index (χ1) is 13.9. The van der Waals surface area contributed by atoms with Crippen LogP contribution >= 0.6 is 22.7 Å². The van der Waals surface area contributed by atoms with E-state index in [0.29, 0.717) is 43.1 Å². The van der Waals surface area contributed by atoms with Gasteiger partial charge in [0.15, 0.2) is 0 Å². The fraction of sp³-hybridized carbons (Fsp3) is 0.500. The van der Waals surface area contributed by atoms with Crippen molar-refractivity contribution < 1.29 is 19.1 Å². The van der Waals surface area contributed by atoms with Crippen molar-refractivity contribution in [2.24, 2.45) is 5.92 Å². The zero-order valence-electron chi connectivity index (χ0n) is 16.8. The van der Waals surface area contributed by atoms with E-state index in [0.717, 1.165) is 10.6 Å². The van der Waals surface area contributed by atoms with Crippen LogP contribution in [0.5, 0.6) is 0 Å². The first-order valence-electron chi connectivity index (χ1n) is 9.60. The molecule has 3 heterocycles. The summed E-state index contributed by atoms with van der Waals surface area (Å²) in [6.07, 6.45) is 1.19. The Morgan fingerprint density at radius 3 is 2.66 bits per heavy atom. The summed E-state index contributed by atoms with van der Waals surface area (Å²) in [4.78, 5) is 45.5. The van der Waals surface area contributed by atoms with E-state index in [9.17, 15) is 14.4 Å². The second-order valence-corrected chi connectivity index (χ2v) is 8.79. The fourth-order valence-electron chi connectivity index (χ4n) is 3.28. The van der Waals surface area contributed by atoms with E-state index in [1.54, 1.807) is 30.2 Å². The van der Waals surface area contributed by atoms with Gasteiger partial charge in [-0.05, 0) is 38.1 Å². The molecule has 0 atom stereocenters. The molecule has 0 radical (unpaired) electrons. The number of ether oxygens (including phenoxy) is 1. The number of nitrogens with zero attached hydrogens (tertiary/aromatic N) is 3. The molecule has 2 amide bonds. The molecule has 2 aromatic heterocycles. The van der Waals surface area contributed by atoms with E-state index < -0.39 is 0 Å². The summed E-state index contributed by atoms with van der Waals surface area (Å²) in [6.45, 7) is 5.00. The van der Waals surface area contributed by atoms with E-state index in [2.05, 4.69) is 4.98 Å². The van der Waals surface area contributed by atoms with Gasteiger partial charge in [-0.1, -0.05) is 0 Å². The van der Waals surface area contributed by atoms with Crippen LogP contribution in [0.4, 0.5) is 0 Å². The highest BCUT2D eigenvalue weighted by Gasteiger charge is 2.29. The van der Waals surface area contributed by atoms with E-state index in [1.165, 1.54) is 16.2 Å². The topological polar surface area (TPSA) is 79.8 Å². The van der Waals surface area contributed by atoms with E-state index in [-0.39, 0.29) is 30.2 Å². The monoisotopic (exact) mass is 435 g/mol. The molecule has 9 heteroatoms. The van der Waals surface area contributed by atoms with E-state index >= 15 is 0 Å². The summed E-state index contributed by atoms with van der Waals surface area (Å²) < 4.78 is 5.06. The quantitative estimate of drug-likeness (QED) is 0.652. The average Bonchev–Trinajstić information content (AvgIpc) is 3.37. The second-order valence-electron chi connectivity index (χ2n) is 7.01. The molecule has 0 saturated carbocycles. The number of esters is 1. The van der Waals surface area contributed by atoms with Crippen LogP contribution in [0.15, 0.2) is 16.8 Å². The SMILES string of the molecule is CCOC(=O)C1CCN(C(=O)CN(C)C(=O)c2sc(-c3ccsc3)nc2C)CC1. The van der Waals surface area contributed by atoms with Gasteiger partial charge >= 0.3 is 5.97 Å². The molecule has 156 valence electrons. The van der Waals surface area contributed by atoms with Crippen LogP contribution in [0.25, 0.3) is 10.6 Å². The largest absolute Gasteiger partial charge is 0.466 e. The minimum atomic E-state index is -0.198. The highest BCUT2D eigenvalue weighted by molar-refractivity contribution is 7.17. The van der Waals surface area contributed by atoms with Gasteiger partial charge in [-0.25, -0.2) is 4.98 Å². The Hall–Kier alpha value is -2.26. The van der Waals surface area contributed by atoms with Gasteiger partial charge in [0.05, 0.1) is 24.8 Å². The number of hydrogen-bond acceptors (Lipinski definition) is 7. The molecule has 0 N–H and O–H groups in total. The number of thiazole rings is 1. The molecule has 1 fully saturated rings. The van der Waals surface area contributed by atoms with Gasteiger partial charge in [0.1, 0.15) is 9.88 Å². The summed E-state index contributed by atoms with van der Waals surface area (Å²) in [7, 11) is 1.63. The molecule has 3 rings (SSSR count). The minimum Gasteiger partial charge on any atom is -0.466 e. The molecule has 7 nitrogen and oxygen atoms in total. The van der Waals surface area contributed by atoms with Gasteiger partial charge in [-0.15, -0.1) is 11.3 Å². The maximum Gasteiger partial charge on any atom is 0.309 e. The van der Waals surface area contributed by atoms with Crippen molar-refractivity contribution in [3.05, 3.63) is 27.4 Å². The van der Waals surface area contributed by atoms with Gasteiger partial charge in [0.25, 0.3) is 5.91 Å². The van der Waals surface area contributed by atoms with Crippen LogP contribution in [-0.2, 0) is 14.3 Å². The fourth-order valence-corrected chi connectivity index (χ4v) is 5.05. The lowest BCUT2D eigenvalue weighted by atomic mass is 9.97. The number of thiophene rings is 1. The highest BCUT2D eigenvalue weighted by Crippen LogP contribution is 2.30. The number of likely N-dealkylation sites (N-methyl/N-ethyl adjacent to an activating group) is 1. The number of carbonyl (C=O) groups excluding carboxylic acids is 3. The Morgan fingerprint density at radius 2 is 2.03 bits per heavy atom. The minimum absolute atomic E-state index is 0.00797. The Labute approximate surface area is 178 Å². The van der Waals surface area contributed by atoms with Crippen molar-refractivity contribution in [2.75, 3.05) is 33.3 Å². The maximum atomic E-state index is 12.8. The van der Waals surface area contributed by atoms with Crippen LogP contribution in [0.1, 0.15) is 35.1 Å². The molecule has 0 spiro atoms. The summed E-state index contributed by atoms with van der Waals surface area (Å²) in [5.41, 5.74) is 1.68. The molecular formula is C20H25N3O4S2. The molecule has 2 aromatic rings. The first kappa shape index (κ1) is 21.4. The number of rotatable bonds is 6. The Kier molecular flexibility index (Phi) is 7.02. The zero-order valence-corrected chi connectivity index (χ0v) is 18.5. The van der Waals surface area contributed by atoms with Crippen LogP contribution in [0, 0.1) is 12.8 Å². The summed E-state index contributed by atoms with van der Waals surface area (Å²) in [5.74, 6) is -0.637. The van der Waals surface area contributed by atoms with Crippen LogP contribution < -0.4 is 0 Å².